The Kier molecular flexibility index (Phi) is 10.5. The van der Waals surface area contributed by atoms with Gasteiger partial charge >= 0.3 is 0 Å². The van der Waals surface area contributed by atoms with Gasteiger partial charge in [-0.15, -0.1) is 11.8 Å². The predicted octanol–water partition coefficient (Wildman–Crippen LogP) is 18.5. The number of benzene rings is 11. The summed E-state index contributed by atoms with van der Waals surface area (Å²) in [5.41, 5.74) is 18.8. The zero-order chi connectivity index (χ0) is 50.5. The minimum atomic E-state index is -0.359. The van der Waals surface area contributed by atoms with Crippen LogP contribution in [0.1, 0.15) is 49.3 Å². The second-order valence-corrected chi connectivity index (χ2v) is 22.6. The summed E-state index contributed by atoms with van der Waals surface area (Å²) in [6, 6.07) is 83.9. The van der Waals surface area contributed by atoms with Crippen molar-refractivity contribution in [3.8, 4) is 33.4 Å². The van der Waals surface area contributed by atoms with Gasteiger partial charge in [-0.3, -0.25) is 0 Å². The number of anilines is 5. The third-order valence-electron chi connectivity index (χ3n) is 16.7. The lowest BCUT2D eigenvalue weighted by Gasteiger charge is -2.32. The summed E-state index contributed by atoms with van der Waals surface area (Å²) in [4.78, 5) is 6.52. The van der Waals surface area contributed by atoms with E-state index in [1.54, 1.807) is 0 Å². The Bertz CT molecular complexity index is 4370. The molecule has 76 heavy (non-hydrogen) atoms. The van der Waals surface area contributed by atoms with Crippen molar-refractivity contribution in [3.05, 3.63) is 276 Å². The first-order valence-corrected chi connectivity index (χ1v) is 27.8. The van der Waals surface area contributed by atoms with Crippen LogP contribution in [-0.2, 0) is 5.41 Å². The van der Waals surface area contributed by atoms with Crippen molar-refractivity contribution in [1.29, 1.82) is 0 Å². The molecule has 2 nitrogen and oxygen atoms in total. The summed E-state index contributed by atoms with van der Waals surface area (Å²) in [6.45, 7) is 4.99. The van der Waals surface area contributed by atoms with Gasteiger partial charge in [0, 0.05) is 54.8 Å². The van der Waals surface area contributed by atoms with Crippen molar-refractivity contribution < 1.29 is 0 Å². The fourth-order valence-corrected chi connectivity index (χ4v) is 14.8. The van der Waals surface area contributed by atoms with E-state index in [0.29, 0.717) is 0 Å². The van der Waals surface area contributed by atoms with Gasteiger partial charge in [-0.25, -0.2) is 0 Å². The topological polar surface area (TPSA) is 6.48 Å². The van der Waals surface area contributed by atoms with Crippen LogP contribution < -0.4 is 20.2 Å². The lowest BCUT2D eigenvalue weighted by atomic mass is 9.78. The molecule has 11 aromatic carbocycles. The van der Waals surface area contributed by atoms with Crippen LogP contribution in [0.25, 0.3) is 77.5 Å². The highest BCUT2D eigenvalue weighted by Crippen LogP contribution is 2.64. The zero-order valence-corrected chi connectivity index (χ0v) is 43.4. The number of fused-ring (bicyclic) bond motifs is 14. The number of hydrogen-bond acceptors (Lipinski definition) is 3. The third kappa shape index (κ3) is 7.02. The van der Waals surface area contributed by atoms with E-state index in [2.05, 4.69) is 278 Å². The largest absolute Gasteiger partial charge is 0.314 e. The molecule has 0 spiro atoms. The van der Waals surface area contributed by atoms with Gasteiger partial charge in [-0.2, -0.15) is 0 Å². The Balaban J connectivity index is 0.986. The molecule has 0 fully saturated rings. The monoisotopic (exact) mass is 990 g/mol. The van der Waals surface area contributed by atoms with Crippen LogP contribution in [0.4, 0.5) is 28.4 Å². The molecule has 3 aliphatic carbocycles. The van der Waals surface area contributed by atoms with E-state index < -0.39 is 0 Å². The number of nitrogens with zero attached hydrogens (tertiary/aromatic N) is 2. The summed E-state index contributed by atoms with van der Waals surface area (Å²) >= 11 is 2.04. The highest BCUT2D eigenvalue weighted by atomic mass is 32.2. The Labute approximate surface area is 448 Å². The summed E-state index contributed by atoms with van der Waals surface area (Å²) < 4.78 is 0. The molecule has 1 heterocycles. The molecule has 0 amide bonds. The van der Waals surface area contributed by atoms with Crippen LogP contribution in [-0.4, -0.2) is 5.25 Å². The van der Waals surface area contributed by atoms with Gasteiger partial charge in [0.05, 0.1) is 11.4 Å². The molecule has 362 valence electrons. The summed E-state index contributed by atoms with van der Waals surface area (Å²) in [7, 11) is 0. The molecular weight excluding hydrogens is 937 g/mol. The van der Waals surface area contributed by atoms with Crippen molar-refractivity contribution in [2.45, 2.75) is 48.2 Å². The Morgan fingerprint density at radius 3 is 1.86 bits per heavy atom. The molecule has 1 aliphatic heterocycles. The van der Waals surface area contributed by atoms with Crippen molar-refractivity contribution in [1.82, 2.24) is 0 Å². The lowest BCUT2D eigenvalue weighted by molar-refractivity contribution is 0.665. The number of thioether (sulfide) groups is 1. The first kappa shape index (κ1) is 44.8. The average Bonchev–Trinajstić information content (AvgIpc) is 4.03. The minimum Gasteiger partial charge on any atom is -0.314 e. The van der Waals surface area contributed by atoms with Crippen LogP contribution in [0.3, 0.4) is 0 Å². The van der Waals surface area contributed by atoms with Crippen LogP contribution >= 0.6 is 11.8 Å². The molecule has 3 heteroatoms. The highest BCUT2D eigenvalue weighted by Gasteiger charge is 2.46. The van der Waals surface area contributed by atoms with Gasteiger partial charge in [0.25, 0.3) is 0 Å². The van der Waals surface area contributed by atoms with Crippen LogP contribution in [0.15, 0.2) is 254 Å². The van der Waals surface area contributed by atoms with Gasteiger partial charge in [0.15, 0.2) is 0 Å². The van der Waals surface area contributed by atoms with E-state index in [-0.39, 0.29) is 16.6 Å². The SMILES string of the molecule is CC1(C)c2cc(N(c3cccc(-c4ccccc4)c3)c3cccc4ccccc34)c3c(c2-c2c1c1ccc(N(C4=c5ccccc5=CCC4)c4cccc(-c5ccccc5)c4)cc1c1ccccc21)C1C=CC=CC1S3. The lowest BCUT2D eigenvalue weighted by Crippen LogP contribution is -2.34. The average molecular weight is 991 g/mol. The Morgan fingerprint density at radius 2 is 1.08 bits per heavy atom. The van der Waals surface area contributed by atoms with Gasteiger partial charge in [0.2, 0.25) is 0 Å². The summed E-state index contributed by atoms with van der Waals surface area (Å²) in [5, 5.41) is 10.5. The Morgan fingerprint density at radius 1 is 0.461 bits per heavy atom. The van der Waals surface area contributed by atoms with Crippen molar-refractivity contribution in [3.63, 3.8) is 0 Å². The molecule has 0 saturated heterocycles. The first-order chi connectivity index (χ1) is 37.5. The number of rotatable bonds is 8. The molecule has 0 radical (unpaired) electrons. The molecule has 2 atom stereocenters. The van der Waals surface area contributed by atoms with Crippen LogP contribution in [0.2, 0.25) is 0 Å². The maximum Gasteiger partial charge on any atom is 0.0604 e. The summed E-state index contributed by atoms with van der Waals surface area (Å²) in [5.74, 6) is 0.218. The standard InChI is InChI=1S/C73H54N2S/c1-73(2)63-46-66(75(65-39-20-28-50-26-10-12-34-57(50)65)54-32-18-30-52(44-54)48-23-7-4-8-24-48)72-69(61-37-15-16-40-67(61)76-72)70(63)68-59-36-14-13-35-58(59)62-45-55(41-42-60(62)71(68)73)74(64-38-19-27-49-25-9-11-33-56(49)64)53-31-17-29-51(43-53)47-21-5-3-6-22-47/h3-18,20-37,39-46,61,67H,19,38H2,1-2H3. The van der Waals surface area contributed by atoms with E-state index in [9.17, 15) is 0 Å². The Hall–Kier alpha value is -8.63. The zero-order valence-electron chi connectivity index (χ0n) is 42.6. The minimum absolute atomic E-state index is 0.218. The number of allylic oxidation sites excluding steroid dienone is 3. The maximum absolute atomic E-state index is 2.60. The molecule has 0 bridgehead atoms. The first-order valence-electron chi connectivity index (χ1n) is 26.9. The van der Waals surface area contributed by atoms with E-state index in [0.717, 1.165) is 18.5 Å². The fourth-order valence-electron chi connectivity index (χ4n) is 13.3. The highest BCUT2D eigenvalue weighted by molar-refractivity contribution is 8.00. The number of hydrogen-bond donors (Lipinski definition) is 0. The quantitative estimate of drug-likeness (QED) is 0.140. The fraction of sp³-hybridized carbons (Fsp3) is 0.0959. The maximum atomic E-state index is 2.60. The van der Waals surface area contributed by atoms with E-state index in [1.165, 1.54) is 126 Å². The van der Waals surface area contributed by atoms with Gasteiger partial charge < -0.3 is 9.80 Å². The molecule has 2 unspecified atom stereocenters. The van der Waals surface area contributed by atoms with Crippen molar-refractivity contribution in [2.75, 3.05) is 9.80 Å². The third-order valence-corrected chi connectivity index (χ3v) is 18.1. The van der Waals surface area contributed by atoms with Crippen molar-refractivity contribution in [2.24, 2.45) is 0 Å². The second-order valence-electron chi connectivity index (χ2n) is 21.4. The van der Waals surface area contributed by atoms with E-state index >= 15 is 0 Å². The molecule has 0 N–H and O–H groups in total. The van der Waals surface area contributed by atoms with Crippen LogP contribution in [0, 0.1) is 0 Å². The molecule has 0 saturated carbocycles. The normalized spacial score (nSPS) is 16.5. The van der Waals surface area contributed by atoms with E-state index in [4.69, 9.17) is 0 Å². The van der Waals surface area contributed by atoms with Gasteiger partial charge in [0.1, 0.15) is 0 Å². The summed E-state index contributed by atoms with van der Waals surface area (Å²) in [6.07, 6.45) is 13.8. The molecule has 4 aliphatic rings. The molecule has 15 rings (SSSR count). The molecular formula is C73H54N2S. The molecule has 11 aromatic rings. The van der Waals surface area contributed by atoms with Crippen molar-refractivity contribution >= 4 is 84.3 Å². The second kappa shape index (κ2) is 17.8. The van der Waals surface area contributed by atoms with Gasteiger partial charge in [-0.1, -0.05) is 220 Å². The smallest absolute Gasteiger partial charge is 0.0604 e. The predicted molar refractivity (Wildman–Crippen MR) is 324 cm³/mol. The van der Waals surface area contributed by atoms with E-state index in [1.807, 2.05) is 11.8 Å². The van der Waals surface area contributed by atoms with Gasteiger partial charge in [-0.05, 0) is 144 Å². The van der Waals surface area contributed by atoms with Crippen LogP contribution in [0.5, 0.6) is 0 Å². The molecule has 0 aromatic heterocycles.